The van der Waals surface area contributed by atoms with E-state index in [1.54, 1.807) is 18.2 Å². The van der Waals surface area contributed by atoms with Gasteiger partial charge >= 0.3 is 5.97 Å². The molecule has 2 aromatic rings. The maximum atomic E-state index is 12.4. The van der Waals surface area contributed by atoms with Crippen molar-refractivity contribution in [1.82, 2.24) is 9.88 Å². The van der Waals surface area contributed by atoms with Crippen LogP contribution in [-0.4, -0.2) is 59.8 Å². The van der Waals surface area contributed by atoms with Crippen LogP contribution in [0.2, 0.25) is 0 Å². The molecule has 1 unspecified atom stereocenters. The van der Waals surface area contributed by atoms with Gasteiger partial charge in [-0.25, -0.2) is 4.98 Å². The van der Waals surface area contributed by atoms with Crippen LogP contribution in [0.1, 0.15) is 18.7 Å². The van der Waals surface area contributed by atoms with E-state index in [1.165, 1.54) is 0 Å². The summed E-state index contributed by atoms with van der Waals surface area (Å²) >= 11 is 0. The van der Waals surface area contributed by atoms with Crippen LogP contribution in [0.3, 0.4) is 0 Å². The van der Waals surface area contributed by atoms with Crippen molar-refractivity contribution in [2.24, 2.45) is 0 Å². The monoisotopic (exact) mass is 374 g/mol. The Hall–Kier alpha value is -2.87. The molecule has 1 aliphatic heterocycles. The minimum atomic E-state index is -0.930. The summed E-state index contributed by atoms with van der Waals surface area (Å²) in [4.78, 5) is 29.1. The van der Waals surface area contributed by atoms with E-state index in [2.05, 4.69) is 4.98 Å². The van der Waals surface area contributed by atoms with Crippen molar-refractivity contribution in [2.75, 3.05) is 26.8 Å². The van der Waals surface area contributed by atoms with Crippen LogP contribution in [0, 0.1) is 0 Å². The highest BCUT2D eigenvalue weighted by Crippen LogP contribution is 2.23. The Morgan fingerprint density at radius 3 is 2.81 bits per heavy atom. The fourth-order valence-electron chi connectivity index (χ4n) is 2.95. The first kappa shape index (κ1) is 18.9. The summed E-state index contributed by atoms with van der Waals surface area (Å²) in [6, 6.07) is 7.44. The summed E-state index contributed by atoms with van der Waals surface area (Å²) in [5, 5.41) is 8.86. The van der Waals surface area contributed by atoms with E-state index in [0.717, 1.165) is 11.3 Å². The van der Waals surface area contributed by atoms with Crippen molar-refractivity contribution < 1.29 is 28.6 Å². The van der Waals surface area contributed by atoms with E-state index in [9.17, 15) is 9.59 Å². The van der Waals surface area contributed by atoms with Crippen molar-refractivity contribution in [3.63, 3.8) is 0 Å². The second-order valence-electron chi connectivity index (χ2n) is 6.28. The third kappa shape index (κ3) is 5.07. The number of amides is 1. The molecular weight excluding hydrogens is 352 g/mol. The first-order valence-corrected chi connectivity index (χ1v) is 8.75. The number of oxazole rings is 1. The standard InChI is InChI=1S/C19H22N2O6/c1-25-14-4-2-13(3-5-14)16-11-20-17(27-16)6-7-18(22)21-8-9-26-15(12-21)10-19(23)24/h2-5,11,15H,6-10,12H2,1H3,(H,23,24). The number of methoxy groups -OCH3 is 1. The molecule has 8 nitrogen and oxygen atoms in total. The number of ether oxygens (including phenoxy) is 2. The molecule has 1 aromatic carbocycles. The zero-order valence-electron chi connectivity index (χ0n) is 15.1. The van der Waals surface area contributed by atoms with E-state index in [1.807, 2.05) is 24.3 Å². The largest absolute Gasteiger partial charge is 0.497 e. The summed E-state index contributed by atoms with van der Waals surface area (Å²) in [6.45, 7) is 1.12. The first-order valence-electron chi connectivity index (χ1n) is 8.75. The molecule has 1 amide bonds. The molecule has 1 fully saturated rings. The van der Waals surface area contributed by atoms with Gasteiger partial charge in [0.1, 0.15) is 5.75 Å². The number of carbonyl (C=O) groups is 2. The molecule has 3 rings (SSSR count). The van der Waals surface area contributed by atoms with Crippen LogP contribution in [0.15, 0.2) is 34.9 Å². The van der Waals surface area contributed by atoms with E-state index < -0.39 is 12.1 Å². The summed E-state index contributed by atoms with van der Waals surface area (Å²) in [5.41, 5.74) is 0.880. The lowest BCUT2D eigenvalue weighted by Crippen LogP contribution is -2.46. The number of carboxylic acid groups (broad SMARTS) is 1. The number of carboxylic acids is 1. The number of aryl methyl sites for hydroxylation is 1. The van der Waals surface area contributed by atoms with Crippen molar-refractivity contribution in [1.29, 1.82) is 0 Å². The van der Waals surface area contributed by atoms with Crippen molar-refractivity contribution in [3.8, 4) is 17.1 Å². The molecule has 0 spiro atoms. The summed E-state index contributed by atoms with van der Waals surface area (Å²) in [7, 11) is 1.61. The van der Waals surface area contributed by atoms with Crippen molar-refractivity contribution in [3.05, 3.63) is 36.4 Å². The topological polar surface area (TPSA) is 102 Å². The summed E-state index contributed by atoms with van der Waals surface area (Å²) < 4.78 is 16.2. The van der Waals surface area contributed by atoms with Crippen LogP contribution >= 0.6 is 0 Å². The smallest absolute Gasteiger partial charge is 0.306 e. The first-order chi connectivity index (χ1) is 13.0. The van der Waals surface area contributed by atoms with Gasteiger partial charge in [0.2, 0.25) is 5.91 Å². The highest BCUT2D eigenvalue weighted by molar-refractivity contribution is 5.76. The van der Waals surface area contributed by atoms with Gasteiger partial charge in [-0.05, 0) is 24.3 Å². The lowest BCUT2D eigenvalue weighted by Gasteiger charge is -2.32. The number of hydrogen-bond acceptors (Lipinski definition) is 6. The number of hydrogen-bond donors (Lipinski definition) is 1. The molecule has 0 aliphatic carbocycles. The van der Waals surface area contributed by atoms with E-state index in [0.29, 0.717) is 37.8 Å². The van der Waals surface area contributed by atoms with Crippen molar-refractivity contribution >= 4 is 11.9 Å². The molecule has 1 atom stereocenters. The summed E-state index contributed by atoms with van der Waals surface area (Å²) in [6.07, 6.45) is 1.72. The van der Waals surface area contributed by atoms with E-state index in [-0.39, 0.29) is 18.7 Å². The molecule has 1 N–H and O–H groups in total. The fraction of sp³-hybridized carbons (Fsp3) is 0.421. The van der Waals surface area contributed by atoms with Crippen LogP contribution < -0.4 is 4.74 Å². The van der Waals surface area contributed by atoms with Gasteiger partial charge in [-0.15, -0.1) is 0 Å². The quantitative estimate of drug-likeness (QED) is 0.790. The molecule has 1 aliphatic rings. The third-order valence-electron chi connectivity index (χ3n) is 4.37. The summed E-state index contributed by atoms with van der Waals surface area (Å²) in [5.74, 6) is 0.895. The zero-order valence-corrected chi connectivity index (χ0v) is 15.1. The predicted octanol–water partition coefficient (Wildman–Crippen LogP) is 1.98. The Labute approximate surface area is 156 Å². The number of morpholine rings is 1. The van der Waals surface area contributed by atoms with Crippen molar-refractivity contribution in [2.45, 2.75) is 25.4 Å². The number of aromatic nitrogens is 1. The Morgan fingerprint density at radius 2 is 2.11 bits per heavy atom. The Bertz CT molecular complexity index is 786. The van der Waals surface area contributed by atoms with Gasteiger partial charge in [0, 0.05) is 31.5 Å². The van der Waals surface area contributed by atoms with Gasteiger partial charge in [-0.3, -0.25) is 9.59 Å². The highest BCUT2D eigenvalue weighted by atomic mass is 16.5. The second kappa shape index (κ2) is 8.68. The average Bonchev–Trinajstić information content (AvgIpc) is 3.15. The molecule has 0 radical (unpaired) electrons. The van der Waals surface area contributed by atoms with Gasteiger partial charge in [-0.1, -0.05) is 0 Å². The average molecular weight is 374 g/mol. The number of benzene rings is 1. The molecular formula is C19H22N2O6. The van der Waals surface area contributed by atoms with Gasteiger partial charge in [0.05, 0.1) is 32.4 Å². The Balaban J connectivity index is 1.53. The third-order valence-corrected chi connectivity index (χ3v) is 4.37. The normalized spacial score (nSPS) is 16.9. The molecule has 1 saturated heterocycles. The number of carbonyl (C=O) groups excluding carboxylic acids is 1. The molecule has 144 valence electrons. The number of aliphatic carboxylic acids is 1. The second-order valence-corrected chi connectivity index (χ2v) is 6.28. The highest BCUT2D eigenvalue weighted by Gasteiger charge is 2.26. The van der Waals surface area contributed by atoms with Crippen LogP contribution in [0.25, 0.3) is 11.3 Å². The Kier molecular flexibility index (Phi) is 6.08. The minimum absolute atomic E-state index is 0.0575. The van der Waals surface area contributed by atoms with Crippen LogP contribution in [0.4, 0.5) is 0 Å². The van der Waals surface area contributed by atoms with Gasteiger partial charge in [-0.2, -0.15) is 0 Å². The van der Waals surface area contributed by atoms with E-state index in [4.69, 9.17) is 19.0 Å². The fourth-order valence-corrected chi connectivity index (χ4v) is 2.95. The predicted molar refractivity (Wildman–Crippen MR) is 95.4 cm³/mol. The van der Waals surface area contributed by atoms with Crippen LogP contribution in [-0.2, 0) is 20.7 Å². The maximum Gasteiger partial charge on any atom is 0.306 e. The van der Waals surface area contributed by atoms with Gasteiger partial charge in [0.25, 0.3) is 0 Å². The lowest BCUT2D eigenvalue weighted by atomic mass is 10.2. The number of nitrogens with zero attached hydrogens (tertiary/aromatic N) is 2. The molecule has 0 bridgehead atoms. The van der Waals surface area contributed by atoms with Gasteiger partial charge in [0.15, 0.2) is 11.7 Å². The zero-order chi connectivity index (χ0) is 19.2. The number of rotatable bonds is 7. The molecule has 2 heterocycles. The SMILES string of the molecule is COc1ccc(-c2cnc(CCC(=O)N3CCOC(CC(=O)O)C3)o2)cc1. The van der Waals surface area contributed by atoms with Crippen LogP contribution in [0.5, 0.6) is 5.75 Å². The molecule has 0 saturated carbocycles. The van der Waals surface area contributed by atoms with E-state index >= 15 is 0 Å². The minimum Gasteiger partial charge on any atom is -0.497 e. The lowest BCUT2D eigenvalue weighted by molar-refractivity contribution is -0.147. The molecule has 1 aromatic heterocycles. The molecule has 27 heavy (non-hydrogen) atoms. The van der Waals surface area contributed by atoms with Gasteiger partial charge < -0.3 is 23.9 Å². The molecule has 8 heteroatoms. The Morgan fingerprint density at radius 1 is 1.33 bits per heavy atom. The maximum absolute atomic E-state index is 12.4.